The summed E-state index contributed by atoms with van der Waals surface area (Å²) in [5.41, 5.74) is 6.94. The van der Waals surface area contributed by atoms with E-state index in [-0.39, 0.29) is 0 Å². The number of anilines is 2. The SMILES string of the molecule is CN(CC1(O)CCOCC1)c1cc(Br)ccc1N. The fourth-order valence-electron chi connectivity index (χ4n) is 2.28. The molecule has 0 unspecified atom stereocenters. The van der Waals surface area contributed by atoms with Gasteiger partial charge in [-0.25, -0.2) is 0 Å². The maximum atomic E-state index is 10.5. The Morgan fingerprint density at radius 3 is 2.78 bits per heavy atom. The van der Waals surface area contributed by atoms with E-state index in [0.717, 1.165) is 15.8 Å². The summed E-state index contributed by atoms with van der Waals surface area (Å²) in [6.45, 7) is 1.81. The zero-order chi connectivity index (χ0) is 13.2. The van der Waals surface area contributed by atoms with Crippen LogP contribution in [0.15, 0.2) is 22.7 Å². The zero-order valence-electron chi connectivity index (χ0n) is 10.5. The van der Waals surface area contributed by atoms with Crippen molar-refractivity contribution in [2.45, 2.75) is 18.4 Å². The number of benzene rings is 1. The summed E-state index contributed by atoms with van der Waals surface area (Å²) in [6.07, 6.45) is 1.34. The van der Waals surface area contributed by atoms with Gasteiger partial charge in [0.25, 0.3) is 0 Å². The lowest BCUT2D eigenvalue weighted by atomic mass is 9.93. The quantitative estimate of drug-likeness (QED) is 0.838. The molecule has 0 radical (unpaired) electrons. The van der Waals surface area contributed by atoms with E-state index in [2.05, 4.69) is 15.9 Å². The molecule has 2 rings (SSSR count). The van der Waals surface area contributed by atoms with Crippen molar-refractivity contribution in [3.05, 3.63) is 22.7 Å². The molecule has 1 aromatic rings. The second-order valence-electron chi connectivity index (χ2n) is 4.90. The van der Waals surface area contributed by atoms with Gasteiger partial charge in [-0.3, -0.25) is 0 Å². The monoisotopic (exact) mass is 314 g/mol. The van der Waals surface area contributed by atoms with Crippen LogP contribution in [0.3, 0.4) is 0 Å². The fraction of sp³-hybridized carbons (Fsp3) is 0.538. The first-order chi connectivity index (χ1) is 8.50. The van der Waals surface area contributed by atoms with E-state index in [1.165, 1.54) is 0 Å². The van der Waals surface area contributed by atoms with Crippen molar-refractivity contribution in [2.75, 3.05) is 37.4 Å². The number of aliphatic hydroxyl groups is 1. The van der Waals surface area contributed by atoms with Gasteiger partial charge >= 0.3 is 0 Å². The molecular formula is C13H19BrN2O2. The minimum atomic E-state index is -0.679. The Morgan fingerprint density at radius 1 is 1.44 bits per heavy atom. The second kappa shape index (κ2) is 5.47. The average molecular weight is 315 g/mol. The van der Waals surface area contributed by atoms with Crippen LogP contribution in [0.2, 0.25) is 0 Å². The van der Waals surface area contributed by atoms with E-state index in [1.54, 1.807) is 0 Å². The molecule has 18 heavy (non-hydrogen) atoms. The Labute approximate surface area is 116 Å². The maximum absolute atomic E-state index is 10.5. The summed E-state index contributed by atoms with van der Waals surface area (Å²) >= 11 is 3.44. The van der Waals surface area contributed by atoms with Crippen LogP contribution in [0.5, 0.6) is 0 Å². The van der Waals surface area contributed by atoms with Gasteiger partial charge < -0.3 is 20.5 Å². The van der Waals surface area contributed by atoms with E-state index in [9.17, 15) is 5.11 Å². The standard InChI is InChI=1S/C13H19BrN2O2/c1-16(9-13(17)4-6-18-7-5-13)12-8-10(14)2-3-11(12)15/h2-3,8,17H,4-7,9,15H2,1H3. The molecule has 1 aliphatic heterocycles. The van der Waals surface area contributed by atoms with Gasteiger partial charge in [-0.2, -0.15) is 0 Å². The van der Waals surface area contributed by atoms with Crippen LogP contribution in [-0.4, -0.2) is 37.5 Å². The van der Waals surface area contributed by atoms with Gasteiger partial charge in [0.1, 0.15) is 0 Å². The van der Waals surface area contributed by atoms with Crippen molar-refractivity contribution in [1.29, 1.82) is 0 Å². The lowest BCUT2D eigenvalue weighted by molar-refractivity contribution is -0.0572. The number of likely N-dealkylation sites (N-methyl/N-ethyl adjacent to an activating group) is 1. The number of nitrogen functional groups attached to an aromatic ring is 1. The van der Waals surface area contributed by atoms with Gasteiger partial charge in [-0.05, 0) is 18.2 Å². The first kappa shape index (κ1) is 13.6. The van der Waals surface area contributed by atoms with Gasteiger partial charge in [-0.15, -0.1) is 0 Å². The summed E-state index contributed by atoms with van der Waals surface area (Å²) in [4.78, 5) is 2.01. The maximum Gasteiger partial charge on any atom is 0.0865 e. The Kier molecular flexibility index (Phi) is 4.14. The number of ether oxygens (including phenoxy) is 1. The molecule has 1 aromatic carbocycles. The number of halogens is 1. The number of hydrogen-bond donors (Lipinski definition) is 2. The van der Waals surface area contributed by atoms with Crippen LogP contribution in [-0.2, 0) is 4.74 Å². The van der Waals surface area contributed by atoms with Crippen LogP contribution in [0.1, 0.15) is 12.8 Å². The number of nitrogens with zero attached hydrogens (tertiary/aromatic N) is 1. The largest absolute Gasteiger partial charge is 0.397 e. The molecule has 1 aliphatic rings. The van der Waals surface area contributed by atoms with Crippen molar-refractivity contribution in [2.24, 2.45) is 0 Å². The lowest BCUT2D eigenvalue weighted by Gasteiger charge is -2.36. The molecule has 0 aromatic heterocycles. The van der Waals surface area contributed by atoms with Crippen LogP contribution in [0, 0.1) is 0 Å². The Balaban J connectivity index is 2.11. The minimum absolute atomic E-state index is 0.566. The Bertz CT molecular complexity index is 419. The van der Waals surface area contributed by atoms with E-state index in [4.69, 9.17) is 10.5 Å². The Hall–Kier alpha value is -0.780. The summed E-state index contributed by atoms with van der Waals surface area (Å²) in [5.74, 6) is 0. The summed E-state index contributed by atoms with van der Waals surface area (Å²) < 4.78 is 6.27. The van der Waals surface area contributed by atoms with Crippen molar-refractivity contribution < 1.29 is 9.84 Å². The third-order valence-corrected chi connectivity index (χ3v) is 3.85. The molecule has 4 nitrogen and oxygen atoms in total. The predicted octanol–water partition coefficient (Wildman–Crippen LogP) is 2.01. The molecule has 0 amide bonds. The average Bonchev–Trinajstić information content (AvgIpc) is 2.32. The summed E-state index contributed by atoms with van der Waals surface area (Å²) in [5, 5.41) is 10.5. The fourth-order valence-corrected chi connectivity index (χ4v) is 2.63. The van der Waals surface area contributed by atoms with Crippen LogP contribution in [0.25, 0.3) is 0 Å². The smallest absolute Gasteiger partial charge is 0.0865 e. The van der Waals surface area contributed by atoms with Gasteiger partial charge in [0, 0.05) is 44.1 Å². The number of hydrogen-bond acceptors (Lipinski definition) is 4. The highest BCUT2D eigenvalue weighted by molar-refractivity contribution is 9.10. The van der Waals surface area contributed by atoms with E-state index < -0.39 is 5.60 Å². The first-order valence-corrected chi connectivity index (χ1v) is 6.86. The topological polar surface area (TPSA) is 58.7 Å². The molecule has 0 aliphatic carbocycles. The van der Waals surface area contributed by atoms with Crippen LogP contribution in [0.4, 0.5) is 11.4 Å². The Morgan fingerprint density at radius 2 is 2.11 bits per heavy atom. The third kappa shape index (κ3) is 3.16. The number of nitrogens with two attached hydrogens (primary N) is 1. The first-order valence-electron chi connectivity index (χ1n) is 6.06. The zero-order valence-corrected chi connectivity index (χ0v) is 12.1. The summed E-state index contributed by atoms with van der Waals surface area (Å²) in [6, 6.07) is 5.75. The highest BCUT2D eigenvalue weighted by atomic mass is 79.9. The molecule has 0 bridgehead atoms. The normalized spacial score (nSPS) is 18.6. The van der Waals surface area contributed by atoms with Gasteiger partial charge in [-0.1, -0.05) is 15.9 Å². The highest BCUT2D eigenvalue weighted by Gasteiger charge is 2.31. The van der Waals surface area contributed by atoms with Crippen LogP contribution >= 0.6 is 15.9 Å². The predicted molar refractivity (Wildman–Crippen MR) is 76.8 cm³/mol. The molecule has 0 spiro atoms. The molecule has 3 N–H and O–H groups in total. The van der Waals surface area contributed by atoms with Crippen molar-refractivity contribution in [1.82, 2.24) is 0 Å². The van der Waals surface area contributed by atoms with E-state index >= 15 is 0 Å². The van der Waals surface area contributed by atoms with Crippen molar-refractivity contribution >= 4 is 27.3 Å². The molecule has 0 atom stereocenters. The minimum Gasteiger partial charge on any atom is -0.397 e. The van der Waals surface area contributed by atoms with E-state index in [1.807, 2.05) is 30.1 Å². The molecule has 5 heteroatoms. The molecule has 1 fully saturated rings. The van der Waals surface area contributed by atoms with Gasteiger partial charge in [0.15, 0.2) is 0 Å². The van der Waals surface area contributed by atoms with E-state index in [0.29, 0.717) is 32.6 Å². The van der Waals surface area contributed by atoms with Gasteiger partial charge in [0.2, 0.25) is 0 Å². The molecule has 1 heterocycles. The lowest BCUT2D eigenvalue weighted by Crippen LogP contribution is -2.45. The number of rotatable bonds is 3. The molecular weight excluding hydrogens is 296 g/mol. The van der Waals surface area contributed by atoms with Crippen LogP contribution < -0.4 is 10.6 Å². The second-order valence-corrected chi connectivity index (χ2v) is 5.81. The molecule has 0 saturated carbocycles. The van der Waals surface area contributed by atoms with Crippen molar-refractivity contribution in [3.8, 4) is 0 Å². The molecule has 1 saturated heterocycles. The van der Waals surface area contributed by atoms with Crippen molar-refractivity contribution in [3.63, 3.8) is 0 Å². The molecule has 100 valence electrons. The van der Waals surface area contributed by atoms with Gasteiger partial charge in [0.05, 0.1) is 17.0 Å². The third-order valence-electron chi connectivity index (χ3n) is 3.36. The summed E-state index contributed by atoms with van der Waals surface area (Å²) in [7, 11) is 1.95. The highest BCUT2D eigenvalue weighted by Crippen LogP contribution is 2.29.